The Morgan fingerprint density at radius 1 is 1.57 bits per heavy atom. The van der Waals surface area contributed by atoms with Gasteiger partial charge in [-0.05, 0) is 18.9 Å². The van der Waals surface area contributed by atoms with Crippen molar-refractivity contribution in [3.8, 4) is 0 Å². The molecule has 0 bridgehead atoms. The Kier molecular flexibility index (Phi) is 3.19. The van der Waals surface area contributed by atoms with Crippen molar-refractivity contribution in [1.82, 2.24) is 10.3 Å². The van der Waals surface area contributed by atoms with Crippen LogP contribution in [0.1, 0.15) is 37.8 Å². The summed E-state index contributed by atoms with van der Waals surface area (Å²) in [5.74, 6) is 2.79. The van der Waals surface area contributed by atoms with E-state index in [4.69, 9.17) is 4.42 Å². The molecule has 1 aromatic heterocycles. The third kappa shape index (κ3) is 2.84. The van der Waals surface area contributed by atoms with Gasteiger partial charge < -0.3 is 9.73 Å². The van der Waals surface area contributed by atoms with Crippen molar-refractivity contribution in [1.29, 1.82) is 0 Å². The Balaban J connectivity index is 1.63. The molecule has 0 spiro atoms. The molecule has 0 saturated heterocycles. The Morgan fingerprint density at radius 2 is 2.43 bits per heavy atom. The number of rotatable bonds is 6. The molecule has 0 amide bonds. The van der Waals surface area contributed by atoms with Crippen LogP contribution in [-0.4, -0.2) is 11.5 Å². The van der Waals surface area contributed by atoms with Crippen LogP contribution in [0.15, 0.2) is 10.6 Å². The van der Waals surface area contributed by atoms with Gasteiger partial charge in [-0.2, -0.15) is 0 Å². The van der Waals surface area contributed by atoms with Crippen LogP contribution in [0.2, 0.25) is 0 Å². The lowest BCUT2D eigenvalue weighted by Gasteiger charge is -1.99. The zero-order valence-corrected chi connectivity index (χ0v) is 8.75. The zero-order valence-electron chi connectivity index (χ0n) is 8.75. The first kappa shape index (κ1) is 9.71. The van der Waals surface area contributed by atoms with Crippen molar-refractivity contribution in [3.63, 3.8) is 0 Å². The molecule has 0 aromatic carbocycles. The average Bonchev–Trinajstić information content (AvgIpc) is 2.91. The van der Waals surface area contributed by atoms with Crippen LogP contribution >= 0.6 is 0 Å². The second-order valence-electron chi connectivity index (χ2n) is 3.98. The first-order valence-corrected chi connectivity index (χ1v) is 5.52. The number of nitrogens with one attached hydrogen (secondary N) is 1. The molecule has 1 aromatic rings. The Labute approximate surface area is 84.9 Å². The number of nitrogens with zero attached hydrogens (tertiary/aromatic N) is 1. The van der Waals surface area contributed by atoms with Crippen molar-refractivity contribution < 1.29 is 4.42 Å². The largest absolute Gasteiger partial charge is 0.444 e. The molecule has 1 saturated carbocycles. The van der Waals surface area contributed by atoms with E-state index in [1.165, 1.54) is 19.3 Å². The fourth-order valence-electron chi connectivity index (χ4n) is 1.50. The highest BCUT2D eigenvalue weighted by molar-refractivity contribution is 4.93. The Bertz CT molecular complexity index is 279. The number of oxazole rings is 1. The van der Waals surface area contributed by atoms with Gasteiger partial charge in [-0.15, -0.1) is 0 Å². The molecular weight excluding hydrogens is 176 g/mol. The van der Waals surface area contributed by atoms with Crippen LogP contribution in [-0.2, 0) is 13.0 Å². The topological polar surface area (TPSA) is 38.1 Å². The van der Waals surface area contributed by atoms with E-state index < -0.39 is 0 Å². The molecule has 1 N–H and O–H groups in total. The second kappa shape index (κ2) is 4.60. The third-order valence-corrected chi connectivity index (χ3v) is 2.65. The molecule has 0 radical (unpaired) electrons. The molecule has 1 heterocycles. The van der Waals surface area contributed by atoms with Gasteiger partial charge >= 0.3 is 0 Å². The van der Waals surface area contributed by atoms with Crippen molar-refractivity contribution in [2.45, 2.75) is 39.2 Å². The molecule has 3 nitrogen and oxygen atoms in total. The molecule has 14 heavy (non-hydrogen) atoms. The van der Waals surface area contributed by atoms with Crippen LogP contribution in [0.4, 0.5) is 0 Å². The van der Waals surface area contributed by atoms with E-state index in [1.807, 2.05) is 6.20 Å². The smallest absolute Gasteiger partial charge is 0.208 e. The normalized spacial score (nSPS) is 16.1. The van der Waals surface area contributed by atoms with Crippen molar-refractivity contribution >= 4 is 0 Å². The summed E-state index contributed by atoms with van der Waals surface area (Å²) in [5.41, 5.74) is 0. The van der Waals surface area contributed by atoms with E-state index in [9.17, 15) is 0 Å². The van der Waals surface area contributed by atoms with Gasteiger partial charge in [-0.1, -0.05) is 19.8 Å². The van der Waals surface area contributed by atoms with Gasteiger partial charge in [0.1, 0.15) is 5.76 Å². The molecular formula is C11H18N2O. The molecule has 1 fully saturated rings. The van der Waals surface area contributed by atoms with Gasteiger partial charge in [0.05, 0.1) is 12.7 Å². The van der Waals surface area contributed by atoms with Crippen molar-refractivity contribution in [2.24, 2.45) is 5.92 Å². The van der Waals surface area contributed by atoms with E-state index >= 15 is 0 Å². The summed E-state index contributed by atoms with van der Waals surface area (Å²) in [6, 6.07) is 0. The molecule has 0 atom stereocenters. The van der Waals surface area contributed by atoms with E-state index in [0.29, 0.717) is 0 Å². The van der Waals surface area contributed by atoms with Gasteiger partial charge in [0.2, 0.25) is 5.89 Å². The third-order valence-electron chi connectivity index (χ3n) is 2.65. The summed E-state index contributed by atoms with van der Waals surface area (Å²) in [5, 5.41) is 3.35. The first-order chi connectivity index (χ1) is 6.88. The van der Waals surface area contributed by atoms with E-state index in [0.717, 1.165) is 37.1 Å². The van der Waals surface area contributed by atoms with Gasteiger partial charge in [0.25, 0.3) is 0 Å². The Morgan fingerprint density at radius 3 is 3.07 bits per heavy atom. The first-order valence-electron chi connectivity index (χ1n) is 5.52. The lowest BCUT2D eigenvalue weighted by molar-refractivity contribution is 0.436. The van der Waals surface area contributed by atoms with Crippen LogP contribution < -0.4 is 5.32 Å². The highest BCUT2D eigenvalue weighted by Gasteiger charge is 2.19. The Hall–Kier alpha value is -0.830. The lowest BCUT2D eigenvalue weighted by atomic mass is 10.3. The minimum atomic E-state index is 0.771. The monoisotopic (exact) mass is 194 g/mol. The van der Waals surface area contributed by atoms with Crippen LogP contribution in [0.5, 0.6) is 0 Å². The predicted octanol–water partition coefficient (Wildman–Crippen LogP) is 2.13. The molecule has 78 valence electrons. The zero-order chi connectivity index (χ0) is 9.80. The van der Waals surface area contributed by atoms with Crippen LogP contribution in [0, 0.1) is 5.92 Å². The highest BCUT2D eigenvalue weighted by atomic mass is 16.4. The maximum atomic E-state index is 5.48. The molecule has 2 rings (SSSR count). The molecule has 0 aliphatic heterocycles. The van der Waals surface area contributed by atoms with Crippen molar-refractivity contribution in [3.05, 3.63) is 17.8 Å². The van der Waals surface area contributed by atoms with Gasteiger partial charge in [0, 0.05) is 6.42 Å². The van der Waals surface area contributed by atoms with Crippen LogP contribution in [0.3, 0.4) is 0 Å². The maximum absolute atomic E-state index is 5.48. The fourth-order valence-corrected chi connectivity index (χ4v) is 1.50. The van der Waals surface area contributed by atoms with E-state index in [2.05, 4.69) is 17.2 Å². The van der Waals surface area contributed by atoms with Gasteiger partial charge in [-0.25, -0.2) is 4.98 Å². The fraction of sp³-hybridized carbons (Fsp3) is 0.727. The number of aromatic nitrogens is 1. The molecule has 3 heteroatoms. The SMILES string of the molecule is CCc1cnc(CNCCC2CC2)o1. The highest BCUT2D eigenvalue weighted by Crippen LogP contribution is 2.31. The number of hydrogen-bond donors (Lipinski definition) is 1. The quantitative estimate of drug-likeness (QED) is 0.705. The van der Waals surface area contributed by atoms with Gasteiger partial charge in [-0.3, -0.25) is 0 Å². The minimum absolute atomic E-state index is 0.771. The summed E-state index contributed by atoms with van der Waals surface area (Å²) in [6.07, 6.45) is 6.91. The summed E-state index contributed by atoms with van der Waals surface area (Å²) in [4.78, 5) is 4.19. The van der Waals surface area contributed by atoms with Crippen LogP contribution in [0.25, 0.3) is 0 Å². The average molecular weight is 194 g/mol. The summed E-state index contributed by atoms with van der Waals surface area (Å²) >= 11 is 0. The number of aryl methyl sites for hydroxylation is 1. The number of hydrogen-bond acceptors (Lipinski definition) is 3. The lowest BCUT2D eigenvalue weighted by Crippen LogP contribution is -2.15. The molecule has 1 aliphatic carbocycles. The molecule has 0 unspecified atom stereocenters. The summed E-state index contributed by atoms with van der Waals surface area (Å²) < 4.78 is 5.48. The summed E-state index contributed by atoms with van der Waals surface area (Å²) in [6.45, 7) is 3.94. The minimum Gasteiger partial charge on any atom is -0.444 e. The van der Waals surface area contributed by atoms with Crippen molar-refractivity contribution in [2.75, 3.05) is 6.54 Å². The predicted molar refractivity (Wildman–Crippen MR) is 54.9 cm³/mol. The van der Waals surface area contributed by atoms with E-state index in [1.54, 1.807) is 0 Å². The standard InChI is InChI=1S/C11H18N2O/c1-2-10-7-13-11(14-10)8-12-6-5-9-3-4-9/h7,9,12H,2-6,8H2,1H3. The second-order valence-corrected chi connectivity index (χ2v) is 3.98. The van der Waals surface area contributed by atoms with E-state index in [-0.39, 0.29) is 0 Å². The molecule has 1 aliphatic rings. The maximum Gasteiger partial charge on any atom is 0.208 e. The van der Waals surface area contributed by atoms with Gasteiger partial charge in [0.15, 0.2) is 0 Å². The summed E-state index contributed by atoms with van der Waals surface area (Å²) in [7, 11) is 0.